The molecule has 17 heavy (non-hydrogen) atoms. The maximum absolute atomic E-state index is 11.6. The van der Waals surface area contributed by atoms with Gasteiger partial charge >= 0.3 is 0 Å². The number of amides is 1. The van der Waals surface area contributed by atoms with E-state index in [0.29, 0.717) is 10.0 Å². The molecule has 5 nitrogen and oxygen atoms in total. The van der Waals surface area contributed by atoms with Gasteiger partial charge in [0.1, 0.15) is 6.61 Å². The largest absolute Gasteiger partial charge is 0.459 e. The van der Waals surface area contributed by atoms with Crippen molar-refractivity contribution < 1.29 is 14.3 Å². The van der Waals surface area contributed by atoms with E-state index in [0.717, 1.165) is 0 Å². The Bertz CT molecular complexity index is 563. The molecular weight excluding hydrogens is 240 g/mol. The van der Waals surface area contributed by atoms with Crippen LogP contribution in [0.3, 0.4) is 0 Å². The summed E-state index contributed by atoms with van der Waals surface area (Å²) >= 11 is 1.23. The lowest BCUT2D eigenvalue weighted by Crippen LogP contribution is -2.10. The number of nitrogens with one attached hydrogen (secondary N) is 1. The van der Waals surface area contributed by atoms with Crippen LogP contribution in [-0.4, -0.2) is 22.6 Å². The van der Waals surface area contributed by atoms with Crippen LogP contribution in [0.5, 0.6) is 0 Å². The molecule has 2 aromatic heterocycles. The van der Waals surface area contributed by atoms with Gasteiger partial charge < -0.3 is 9.52 Å². The van der Waals surface area contributed by atoms with E-state index in [9.17, 15) is 4.79 Å². The number of hydrogen-bond donors (Lipinski definition) is 2. The number of rotatable bonds is 2. The fraction of sp³-hybridized carbons (Fsp3) is 0.0909. The molecule has 0 atom stereocenters. The number of carbonyl (C=O) groups excluding carboxylic acids is 1. The molecule has 0 aromatic carbocycles. The van der Waals surface area contributed by atoms with Crippen molar-refractivity contribution in [3.05, 3.63) is 35.2 Å². The van der Waals surface area contributed by atoms with Crippen LogP contribution in [0.1, 0.15) is 15.4 Å². The van der Waals surface area contributed by atoms with E-state index in [4.69, 9.17) is 9.52 Å². The zero-order valence-electron chi connectivity index (χ0n) is 8.64. The summed E-state index contributed by atoms with van der Waals surface area (Å²) in [6.07, 6.45) is 2.96. The molecule has 2 N–H and O–H groups in total. The molecule has 0 aliphatic carbocycles. The first kappa shape index (κ1) is 11.4. The fourth-order valence-electron chi connectivity index (χ4n) is 1.08. The second-order valence-electron chi connectivity index (χ2n) is 2.92. The SMILES string of the molecule is O=C(Nc1ncc(C#CCO)s1)c1ccco1. The quantitative estimate of drug-likeness (QED) is 0.786. The predicted octanol–water partition coefficient (Wildman–Crippen LogP) is 1.33. The molecule has 0 aliphatic rings. The monoisotopic (exact) mass is 248 g/mol. The van der Waals surface area contributed by atoms with Crippen molar-refractivity contribution in [1.82, 2.24) is 4.98 Å². The van der Waals surface area contributed by atoms with Gasteiger partial charge in [0.2, 0.25) is 0 Å². The third kappa shape index (κ3) is 2.93. The lowest BCUT2D eigenvalue weighted by atomic mass is 10.4. The molecule has 2 aromatic rings. The van der Waals surface area contributed by atoms with E-state index in [-0.39, 0.29) is 18.3 Å². The molecule has 86 valence electrons. The zero-order chi connectivity index (χ0) is 12.1. The van der Waals surface area contributed by atoms with E-state index in [1.54, 1.807) is 12.1 Å². The summed E-state index contributed by atoms with van der Waals surface area (Å²) in [5.74, 6) is 5.08. The molecule has 0 spiro atoms. The molecule has 0 unspecified atom stereocenters. The van der Waals surface area contributed by atoms with Gasteiger partial charge in [0.15, 0.2) is 10.9 Å². The van der Waals surface area contributed by atoms with Gasteiger partial charge in [0, 0.05) is 0 Å². The van der Waals surface area contributed by atoms with Crippen molar-refractivity contribution in [2.24, 2.45) is 0 Å². The number of furan rings is 1. The number of hydrogen-bond acceptors (Lipinski definition) is 5. The Balaban J connectivity index is 2.04. The van der Waals surface area contributed by atoms with Crippen LogP contribution in [0.25, 0.3) is 0 Å². The maximum atomic E-state index is 11.6. The van der Waals surface area contributed by atoms with E-state index in [2.05, 4.69) is 22.1 Å². The van der Waals surface area contributed by atoms with Crippen molar-refractivity contribution in [2.45, 2.75) is 0 Å². The van der Waals surface area contributed by atoms with Crippen molar-refractivity contribution in [3.63, 3.8) is 0 Å². The topological polar surface area (TPSA) is 75.4 Å². The average Bonchev–Trinajstić information content (AvgIpc) is 2.97. The standard InChI is InChI=1S/C11H8N2O3S/c14-5-1-3-8-7-12-11(17-8)13-10(15)9-4-2-6-16-9/h2,4,6-7,14H,5H2,(H,12,13,15). The molecule has 0 saturated heterocycles. The molecule has 6 heteroatoms. The minimum absolute atomic E-state index is 0.202. The van der Waals surface area contributed by atoms with Gasteiger partial charge in [-0.2, -0.15) is 0 Å². The number of nitrogens with zero attached hydrogens (tertiary/aromatic N) is 1. The summed E-state index contributed by atoms with van der Waals surface area (Å²) in [6, 6.07) is 3.20. The molecule has 2 heterocycles. The zero-order valence-corrected chi connectivity index (χ0v) is 9.45. The Morgan fingerprint density at radius 3 is 3.24 bits per heavy atom. The maximum Gasteiger partial charge on any atom is 0.293 e. The summed E-state index contributed by atoms with van der Waals surface area (Å²) in [6.45, 7) is -0.202. The molecule has 0 radical (unpaired) electrons. The van der Waals surface area contributed by atoms with Gasteiger partial charge in [-0.3, -0.25) is 10.1 Å². The number of carbonyl (C=O) groups is 1. The predicted molar refractivity (Wildman–Crippen MR) is 62.7 cm³/mol. The summed E-state index contributed by atoms with van der Waals surface area (Å²) in [5, 5.41) is 11.6. The number of anilines is 1. The third-order valence-electron chi connectivity index (χ3n) is 1.76. The lowest BCUT2D eigenvalue weighted by molar-refractivity contribution is 0.0996. The van der Waals surface area contributed by atoms with E-state index in [1.807, 2.05) is 0 Å². The Hall–Kier alpha value is -2.10. The number of thiazole rings is 1. The normalized spacial score (nSPS) is 9.47. The Labute approximate surface area is 101 Å². The second kappa shape index (κ2) is 5.30. The molecule has 0 aliphatic heterocycles. The number of aliphatic hydroxyl groups excluding tert-OH is 1. The number of aromatic nitrogens is 1. The van der Waals surface area contributed by atoms with Crippen molar-refractivity contribution >= 4 is 22.4 Å². The van der Waals surface area contributed by atoms with Crippen LogP contribution in [0.15, 0.2) is 29.0 Å². The third-order valence-corrected chi connectivity index (χ3v) is 2.59. The molecule has 0 bridgehead atoms. The molecule has 0 fully saturated rings. The van der Waals surface area contributed by atoms with Gasteiger partial charge in [-0.15, -0.1) is 0 Å². The Kier molecular flexibility index (Phi) is 3.55. The molecule has 1 amide bonds. The fourth-order valence-corrected chi connectivity index (χ4v) is 1.77. The highest BCUT2D eigenvalue weighted by atomic mass is 32.1. The van der Waals surface area contributed by atoms with E-state index in [1.165, 1.54) is 23.8 Å². The van der Waals surface area contributed by atoms with Crippen molar-refractivity contribution in [3.8, 4) is 11.8 Å². The van der Waals surface area contributed by atoms with Crippen LogP contribution in [-0.2, 0) is 0 Å². The van der Waals surface area contributed by atoms with Gasteiger partial charge in [-0.05, 0) is 12.1 Å². The highest BCUT2D eigenvalue weighted by molar-refractivity contribution is 7.16. The number of aliphatic hydroxyl groups is 1. The van der Waals surface area contributed by atoms with E-state index < -0.39 is 0 Å². The van der Waals surface area contributed by atoms with Crippen molar-refractivity contribution in [2.75, 3.05) is 11.9 Å². The summed E-state index contributed by atoms with van der Waals surface area (Å²) in [7, 11) is 0. The van der Waals surface area contributed by atoms with Crippen LogP contribution in [0.4, 0.5) is 5.13 Å². The summed E-state index contributed by atoms with van der Waals surface area (Å²) in [4.78, 5) is 16.2. The summed E-state index contributed by atoms with van der Waals surface area (Å²) in [5.41, 5.74) is 0. The van der Waals surface area contributed by atoms with Crippen LogP contribution < -0.4 is 5.32 Å². The second-order valence-corrected chi connectivity index (χ2v) is 3.95. The van der Waals surface area contributed by atoms with E-state index >= 15 is 0 Å². The van der Waals surface area contributed by atoms with Crippen LogP contribution in [0, 0.1) is 11.8 Å². The molecule has 2 rings (SSSR count). The first-order valence-electron chi connectivity index (χ1n) is 4.70. The molecular formula is C11H8N2O3S. The minimum Gasteiger partial charge on any atom is -0.459 e. The van der Waals surface area contributed by atoms with Gasteiger partial charge in [0.05, 0.1) is 17.3 Å². The first-order valence-corrected chi connectivity index (χ1v) is 5.51. The minimum atomic E-state index is -0.356. The smallest absolute Gasteiger partial charge is 0.293 e. The first-order chi connectivity index (χ1) is 8.29. The average molecular weight is 248 g/mol. The Morgan fingerprint density at radius 2 is 2.53 bits per heavy atom. The summed E-state index contributed by atoms with van der Waals surface area (Å²) < 4.78 is 4.94. The molecule has 0 saturated carbocycles. The van der Waals surface area contributed by atoms with Gasteiger partial charge in [-0.25, -0.2) is 4.98 Å². The van der Waals surface area contributed by atoms with Crippen molar-refractivity contribution in [1.29, 1.82) is 0 Å². The van der Waals surface area contributed by atoms with Crippen LogP contribution in [0.2, 0.25) is 0 Å². The van der Waals surface area contributed by atoms with Gasteiger partial charge in [0.25, 0.3) is 5.91 Å². The van der Waals surface area contributed by atoms with Crippen LogP contribution >= 0.6 is 11.3 Å². The highest BCUT2D eigenvalue weighted by Gasteiger charge is 2.10. The van der Waals surface area contributed by atoms with Gasteiger partial charge in [-0.1, -0.05) is 23.2 Å². The highest BCUT2D eigenvalue weighted by Crippen LogP contribution is 2.17. The lowest BCUT2D eigenvalue weighted by Gasteiger charge is -1.96. The Morgan fingerprint density at radius 1 is 1.65 bits per heavy atom.